The maximum atomic E-state index is 13.4. The van der Waals surface area contributed by atoms with Crippen molar-refractivity contribution in [1.82, 2.24) is 0 Å². The topological polar surface area (TPSA) is 0 Å². The summed E-state index contributed by atoms with van der Waals surface area (Å²) in [7, 11) is 0. The van der Waals surface area contributed by atoms with Crippen LogP contribution in [0.5, 0.6) is 0 Å². The van der Waals surface area contributed by atoms with Gasteiger partial charge < -0.3 is 0 Å². The molecule has 1 heteroatoms. The molecule has 0 aliphatic carbocycles. The van der Waals surface area contributed by atoms with Crippen molar-refractivity contribution >= 4 is 0 Å². The van der Waals surface area contributed by atoms with Gasteiger partial charge in [0.25, 0.3) is 0 Å². The van der Waals surface area contributed by atoms with Crippen LogP contribution >= 0.6 is 0 Å². The molecule has 13 heavy (non-hydrogen) atoms. The lowest BCUT2D eigenvalue weighted by molar-refractivity contribution is 0.539. The Kier molecular flexibility index (Phi) is 3.94. The van der Waals surface area contributed by atoms with Crippen molar-refractivity contribution in [2.24, 2.45) is 0 Å². The van der Waals surface area contributed by atoms with Gasteiger partial charge in [-0.05, 0) is 30.4 Å². The first kappa shape index (κ1) is 10.2. The number of hydrogen-bond acceptors (Lipinski definition) is 0. The van der Waals surface area contributed by atoms with Gasteiger partial charge >= 0.3 is 0 Å². The van der Waals surface area contributed by atoms with Gasteiger partial charge in [-0.2, -0.15) is 0 Å². The molecule has 0 aliphatic heterocycles. The van der Waals surface area contributed by atoms with Crippen molar-refractivity contribution in [3.8, 4) is 0 Å². The average molecular weight is 180 g/mol. The van der Waals surface area contributed by atoms with Crippen LogP contribution in [-0.2, 0) is 0 Å². The van der Waals surface area contributed by atoms with E-state index in [0.717, 1.165) is 24.8 Å². The Bertz CT molecular complexity index is 255. The number of benzene rings is 1. The molecule has 1 aromatic carbocycles. The van der Waals surface area contributed by atoms with Gasteiger partial charge in [-0.25, -0.2) is 4.39 Å². The molecule has 0 saturated carbocycles. The van der Waals surface area contributed by atoms with Crippen molar-refractivity contribution in [3.63, 3.8) is 0 Å². The maximum absolute atomic E-state index is 13.4. The first-order valence-electron chi connectivity index (χ1n) is 5.04. The lowest BCUT2D eigenvalue weighted by Crippen LogP contribution is -1.99. The van der Waals surface area contributed by atoms with Crippen LogP contribution in [0, 0.1) is 5.82 Å². The Balaban J connectivity index is 2.84. The van der Waals surface area contributed by atoms with E-state index < -0.39 is 0 Å². The lowest BCUT2D eigenvalue weighted by Gasteiger charge is -2.14. The van der Waals surface area contributed by atoms with Crippen LogP contribution in [0.1, 0.15) is 44.6 Å². The highest BCUT2D eigenvalue weighted by Gasteiger charge is 2.11. The Hall–Kier alpha value is -0.850. The minimum Gasteiger partial charge on any atom is -0.207 e. The van der Waals surface area contributed by atoms with Crippen molar-refractivity contribution in [3.05, 3.63) is 35.6 Å². The van der Waals surface area contributed by atoms with Gasteiger partial charge in [0.05, 0.1) is 0 Å². The first-order chi connectivity index (χ1) is 6.29. The molecule has 0 aromatic heterocycles. The Labute approximate surface area is 79.8 Å². The van der Waals surface area contributed by atoms with Gasteiger partial charge in [0.15, 0.2) is 0 Å². The summed E-state index contributed by atoms with van der Waals surface area (Å²) in [6.45, 7) is 4.26. The van der Waals surface area contributed by atoms with Crippen LogP contribution in [-0.4, -0.2) is 0 Å². The summed E-state index contributed by atoms with van der Waals surface area (Å²) in [4.78, 5) is 0. The molecule has 72 valence electrons. The second kappa shape index (κ2) is 5.00. The molecule has 0 fully saturated rings. The molecular weight excluding hydrogens is 163 g/mol. The van der Waals surface area contributed by atoms with E-state index in [1.165, 1.54) is 0 Å². The standard InChI is InChI=1S/C12H17F/c1-3-7-10(4-2)11-8-5-6-9-12(11)13/h5-6,8-10H,3-4,7H2,1-2H3. The third kappa shape index (κ3) is 2.55. The summed E-state index contributed by atoms with van der Waals surface area (Å²) in [6.07, 6.45) is 3.22. The van der Waals surface area contributed by atoms with Crippen molar-refractivity contribution in [2.45, 2.75) is 39.0 Å². The molecule has 1 aromatic rings. The minimum atomic E-state index is -0.0530. The molecule has 0 spiro atoms. The average Bonchev–Trinajstić information content (AvgIpc) is 2.16. The fraction of sp³-hybridized carbons (Fsp3) is 0.500. The Morgan fingerprint density at radius 1 is 1.23 bits per heavy atom. The van der Waals surface area contributed by atoms with E-state index in [4.69, 9.17) is 0 Å². The fourth-order valence-corrected chi connectivity index (χ4v) is 1.73. The zero-order valence-electron chi connectivity index (χ0n) is 8.39. The van der Waals surface area contributed by atoms with Gasteiger partial charge in [-0.1, -0.05) is 38.5 Å². The summed E-state index contributed by atoms with van der Waals surface area (Å²) < 4.78 is 13.4. The van der Waals surface area contributed by atoms with E-state index in [2.05, 4.69) is 13.8 Å². The largest absolute Gasteiger partial charge is 0.207 e. The summed E-state index contributed by atoms with van der Waals surface area (Å²) >= 11 is 0. The van der Waals surface area contributed by atoms with Crippen LogP contribution in [0.2, 0.25) is 0 Å². The van der Waals surface area contributed by atoms with E-state index in [1.807, 2.05) is 12.1 Å². The number of rotatable bonds is 4. The predicted molar refractivity (Wildman–Crippen MR) is 54.3 cm³/mol. The third-order valence-electron chi connectivity index (χ3n) is 2.47. The lowest BCUT2D eigenvalue weighted by atomic mass is 9.92. The molecule has 0 amide bonds. The van der Waals surface area contributed by atoms with Gasteiger partial charge in [0.1, 0.15) is 5.82 Å². The highest BCUT2D eigenvalue weighted by Crippen LogP contribution is 2.26. The van der Waals surface area contributed by atoms with Crippen molar-refractivity contribution in [1.29, 1.82) is 0 Å². The first-order valence-corrected chi connectivity index (χ1v) is 5.04. The fourth-order valence-electron chi connectivity index (χ4n) is 1.73. The summed E-state index contributed by atoms with van der Waals surface area (Å²) in [5.41, 5.74) is 0.881. The van der Waals surface area contributed by atoms with Crippen LogP contribution < -0.4 is 0 Å². The van der Waals surface area contributed by atoms with Crippen LogP contribution in [0.4, 0.5) is 4.39 Å². The zero-order chi connectivity index (χ0) is 9.68. The zero-order valence-corrected chi connectivity index (χ0v) is 8.39. The van der Waals surface area contributed by atoms with Crippen LogP contribution in [0.15, 0.2) is 24.3 Å². The molecule has 0 radical (unpaired) electrons. The predicted octanol–water partition coefficient (Wildman–Crippen LogP) is 4.12. The van der Waals surface area contributed by atoms with E-state index in [9.17, 15) is 4.39 Å². The summed E-state index contributed by atoms with van der Waals surface area (Å²) in [5, 5.41) is 0. The second-order valence-electron chi connectivity index (χ2n) is 3.42. The van der Waals surface area contributed by atoms with E-state index >= 15 is 0 Å². The molecule has 0 aliphatic rings. The minimum absolute atomic E-state index is 0.0530. The molecule has 1 rings (SSSR count). The number of hydrogen-bond donors (Lipinski definition) is 0. The normalized spacial score (nSPS) is 12.8. The van der Waals surface area contributed by atoms with Crippen LogP contribution in [0.25, 0.3) is 0 Å². The molecule has 0 heterocycles. The van der Waals surface area contributed by atoms with Crippen molar-refractivity contribution in [2.75, 3.05) is 0 Å². The van der Waals surface area contributed by atoms with Crippen LogP contribution in [0.3, 0.4) is 0 Å². The molecule has 0 nitrogen and oxygen atoms in total. The maximum Gasteiger partial charge on any atom is 0.126 e. The second-order valence-corrected chi connectivity index (χ2v) is 3.42. The van der Waals surface area contributed by atoms with E-state index in [-0.39, 0.29) is 5.82 Å². The molecule has 0 bridgehead atoms. The van der Waals surface area contributed by atoms with Crippen molar-refractivity contribution < 1.29 is 4.39 Å². The van der Waals surface area contributed by atoms with Gasteiger partial charge in [0.2, 0.25) is 0 Å². The highest BCUT2D eigenvalue weighted by atomic mass is 19.1. The monoisotopic (exact) mass is 180 g/mol. The van der Waals surface area contributed by atoms with Gasteiger partial charge in [-0.15, -0.1) is 0 Å². The molecular formula is C12H17F. The molecule has 0 saturated heterocycles. The van der Waals surface area contributed by atoms with E-state index in [1.54, 1.807) is 12.1 Å². The summed E-state index contributed by atoms with van der Waals surface area (Å²) in [5.74, 6) is 0.342. The Morgan fingerprint density at radius 3 is 2.46 bits per heavy atom. The Morgan fingerprint density at radius 2 is 1.92 bits per heavy atom. The van der Waals surface area contributed by atoms with Gasteiger partial charge in [0, 0.05) is 0 Å². The van der Waals surface area contributed by atoms with E-state index in [0.29, 0.717) is 5.92 Å². The third-order valence-corrected chi connectivity index (χ3v) is 2.47. The molecule has 1 atom stereocenters. The smallest absolute Gasteiger partial charge is 0.126 e. The van der Waals surface area contributed by atoms with Gasteiger partial charge in [-0.3, -0.25) is 0 Å². The number of halogens is 1. The molecule has 0 N–H and O–H groups in total. The highest BCUT2D eigenvalue weighted by molar-refractivity contribution is 5.21. The summed E-state index contributed by atoms with van der Waals surface area (Å²) in [6, 6.07) is 7.11. The molecule has 1 unspecified atom stereocenters. The SMILES string of the molecule is CCCC(CC)c1ccccc1F. The quantitative estimate of drug-likeness (QED) is 0.653.